The molecule has 2 N–H and O–H groups in total. The normalized spacial score (nSPS) is 13.9. The van der Waals surface area contributed by atoms with Crippen molar-refractivity contribution in [1.82, 2.24) is 15.5 Å². The van der Waals surface area contributed by atoms with Gasteiger partial charge in [0, 0.05) is 11.1 Å². The Morgan fingerprint density at radius 2 is 1.96 bits per heavy atom. The van der Waals surface area contributed by atoms with Crippen molar-refractivity contribution in [2.24, 2.45) is 0 Å². The Kier molecular flexibility index (Phi) is 4.50. The third-order valence-corrected chi connectivity index (χ3v) is 4.43. The van der Waals surface area contributed by atoms with E-state index in [1.807, 2.05) is 6.07 Å². The molecule has 138 valence electrons. The fraction of sp³-hybridized carbons (Fsp3) is 0.200. The van der Waals surface area contributed by atoms with Crippen LogP contribution >= 0.6 is 0 Å². The predicted molar refractivity (Wildman–Crippen MR) is 97.3 cm³/mol. The number of nitrogens with zero attached hydrogens (tertiary/aromatic N) is 1. The zero-order valence-electron chi connectivity index (χ0n) is 14.7. The Bertz CT molecular complexity index is 986. The molecule has 3 aromatic rings. The molecule has 1 amide bonds. The average Bonchev–Trinajstić information content (AvgIpc) is 3.18. The molecular formula is C20H18FN3O3. The van der Waals surface area contributed by atoms with Gasteiger partial charge >= 0.3 is 0 Å². The zero-order valence-corrected chi connectivity index (χ0v) is 14.7. The maximum absolute atomic E-state index is 13.9. The van der Waals surface area contributed by atoms with Crippen LogP contribution in [0, 0.1) is 5.82 Å². The maximum Gasteiger partial charge on any atom is 0.255 e. The summed E-state index contributed by atoms with van der Waals surface area (Å²) in [4.78, 5) is 12.7. The predicted octanol–water partition coefficient (Wildman–Crippen LogP) is 3.48. The van der Waals surface area contributed by atoms with Crippen molar-refractivity contribution >= 4 is 5.91 Å². The van der Waals surface area contributed by atoms with E-state index in [4.69, 9.17) is 9.47 Å². The molecule has 6 nitrogen and oxygen atoms in total. The average molecular weight is 367 g/mol. The number of rotatable bonds is 4. The molecule has 0 spiro atoms. The number of nitrogens with one attached hydrogen (secondary N) is 2. The zero-order chi connectivity index (χ0) is 18.8. The van der Waals surface area contributed by atoms with Crippen molar-refractivity contribution in [1.29, 1.82) is 0 Å². The molecule has 27 heavy (non-hydrogen) atoms. The summed E-state index contributed by atoms with van der Waals surface area (Å²) in [6, 6.07) is 11.3. The molecule has 0 bridgehead atoms. The van der Waals surface area contributed by atoms with E-state index in [9.17, 15) is 9.18 Å². The van der Waals surface area contributed by atoms with Crippen LogP contribution in [0.25, 0.3) is 11.3 Å². The van der Waals surface area contributed by atoms with Crippen molar-refractivity contribution in [3.63, 3.8) is 0 Å². The molecule has 0 aliphatic carbocycles. The number of carbonyl (C=O) groups excluding carboxylic acids is 1. The molecule has 1 aromatic heterocycles. The second-order valence-electron chi connectivity index (χ2n) is 6.23. The maximum atomic E-state index is 13.9. The monoisotopic (exact) mass is 367 g/mol. The van der Waals surface area contributed by atoms with Crippen LogP contribution in [0.5, 0.6) is 11.5 Å². The minimum Gasteiger partial charge on any atom is -0.486 e. The van der Waals surface area contributed by atoms with Gasteiger partial charge in [0.05, 0.1) is 23.5 Å². The van der Waals surface area contributed by atoms with Gasteiger partial charge in [0.25, 0.3) is 5.91 Å². The fourth-order valence-electron chi connectivity index (χ4n) is 3.06. The van der Waals surface area contributed by atoms with Crippen molar-refractivity contribution in [3.8, 4) is 22.8 Å². The number of carbonyl (C=O) groups is 1. The standard InChI is InChI=1S/C20H18FN3O3/c1-12(14-4-2-3-5-16(14)21)23-20(25)15-11-22-24-19(15)13-6-7-17-18(10-13)27-9-8-26-17/h2-7,10-12H,8-9H2,1H3,(H,22,24)(H,23,25)/t12-/m0/s1. The van der Waals surface area contributed by atoms with Gasteiger partial charge in [-0.25, -0.2) is 4.39 Å². The minimum atomic E-state index is -0.485. The van der Waals surface area contributed by atoms with Crippen LogP contribution in [-0.4, -0.2) is 29.3 Å². The van der Waals surface area contributed by atoms with Gasteiger partial charge in [-0.15, -0.1) is 0 Å². The molecule has 0 saturated heterocycles. The van der Waals surface area contributed by atoms with Gasteiger partial charge in [-0.3, -0.25) is 9.89 Å². The smallest absolute Gasteiger partial charge is 0.255 e. The van der Waals surface area contributed by atoms with E-state index in [-0.39, 0.29) is 11.7 Å². The Morgan fingerprint density at radius 3 is 2.78 bits per heavy atom. The van der Waals surface area contributed by atoms with Gasteiger partial charge in [0.1, 0.15) is 19.0 Å². The third kappa shape index (κ3) is 3.36. The van der Waals surface area contributed by atoms with Crippen LogP contribution in [0.15, 0.2) is 48.7 Å². The first kappa shape index (κ1) is 17.1. The number of fused-ring (bicyclic) bond motifs is 1. The number of benzene rings is 2. The number of amides is 1. The SMILES string of the molecule is C[C@H](NC(=O)c1cn[nH]c1-c1ccc2c(c1)OCCO2)c1ccccc1F. The lowest BCUT2D eigenvalue weighted by Crippen LogP contribution is -2.27. The second kappa shape index (κ2) is 7.11. The van der Waals surface area contributed by atoms with E-state index >= 15 is 0 Å². The molecule has 1 aliphatic heterocycles. The van der Waals surface area contributed by atoms with E-state index in [1.165, 1.54) is 12.3 Å². The first-order chi connectivity index (χ1) is 13.1. The number of H-pyrrole nitrogens is 1. The molecule has 0 unspecified atom stereocenters. The second-order valence-corrected chi connectivity index (χ2v) is 6.23. The van der Waals surface area contributed by atoms with Crippen LogP contribution in [-0.2, 0) is 0 Å². The van der Waals surface area contributed by atoms with E-state index in [1.54, 1.807) is 37.3 Å². The molecule has 2 aromatic carbocycles. The van der Waals surface area contributed by atoms with Gasteiger partial charge in [-0.1, -0.05) is 18.2 Å². The lowest BCUT2D eigenvalue weighted by Gasteiger charge is -2.19. The molecule has 1 atom stereocenters. The minimum absolute atomic E-state index is 0.343. The third-order valence-electron chi connectivity index (χ3n) is 4.43. The van der Waals surface area contributed by atoms with Gasteiger partial charge in [0.15, 0.2) is 11.5 Å². The molecule has 0 saturated carbocycles. The van der Waals surface area contributed by atoms with Crippen LogP contribution in [0.1, 0.15) is 28.9 Å². The molecule has 1 aliphatic rings. The highest BCUT2D eigenvalue weighted by Crippen LogP contribution is 2.35. The molecular weight excluding hydrogens is 349 g/mol. The largest absolute Gasteiger partial charge is 0.486 e. The fourth-order valence-corrected chi connectivity index (χ4v) is 3.06. The van der Waals surface area contributed by atoms with Crippen molar-refractivity contribution in [2.45, 2.75) is 13.0 Å². The molecule has 2 heterocycles. The molecule has 7 heteroatoms. The summed E-state index contributed by atoms with van der Waals surface area (Å²) < 4.78 is 25.1. The molecule has 0 radical (unpaired) electrons. The molecule has 0 fully saturated rings. The number of aromatic amines is 1. The van der Waals surface area contributed by atoms with Gasteiger partial charge in [0.2, 0.25) is 0 Å². The first-order valence-electron chi connectivity index (χ1n) is 8.62. The number of aromatic nitrogens is 2. The van der Waals surface area contributed by atoms with Gasteiger partial charge in [-0.2, -0.15) is 5.10 Å². The highest BCUT2D eigenvalue weighted by atomic mass is 19.1. The van der Waals surface area contributed by atoms with Crippen molar-refractivity contribution < 1.29 is 18.7 Å². The number of hydrogen-bond acceptors (Lipinski definition) is 4. The van der Waals surface area contributed by atoms with Crippen LogP contribution in [0.2, 0.25) is 0 Å². The summed E-state index contributed by atoms with van der Waals surface area (Å²) in [5.74, 6) is 0.595. The summed E-state index contributed by atoms with van der Waals surface area (Å²) >= 11 is 0. The van der Waals surface area contributed by atoms with Gasteiger partial charge < -0.3 is 14.8 Å². The molecule has 4 rings (SSSR count). The summed E-state index contributed by atoms with van der Waals surface area (Å²) in [6.45, 7) is 2.73. The van der Waals surface area contributed by atoms with E-state index in [0.29, 0.717) is 41.5 Å². The summed E-state index contributed by atoms with van der Waals surface area (Å²) in [6.07, 6.45) is 1.45. The first-order valence-corrected chi connectivity index (χ1v) is 8.62. The summed E-state index contributed by atoms with van der Waals surface area (Å²) in [5.41, 5.74) is 2.11. The van der Waals surface area contributed by atoms with Crippen LogP contribution < -0.4 is 14.8 Å². The summed E-state index contributed by atoms with van der Waals surface area (Å²) in [7, 11) is 0. The Hall–Kier alpha value is -3.35. The Morgan fingerprint density at radius 1 is 1.19 bits per heavy atom. The Labute approximate surface area is 155 Å². The van der Waals surface area contributed by atoms with Crippen LogP contribution in [0.3, 0.4) is 0 Å². The van der Waals surface area contributed by atoms with Gasteiger partial charge in [-0.05, 0) is 31.2 Å². The van der Waals surface area contributed by atoms with E-state index in [0.717, 1.165) is 5.56 Å². The van der Waals surface area contributed by atoms with Crippen molar-refractivity contribution in [2.75, 3.05) is 13.2 Å². The van der Waals surface area contributed by atoms with E-state index < -0.39 is 6.04 Å². The quantitative estimate of drug-likeness (QED) is 0.740. The van der Waals surface area contributed by atoms with Crippen molar-refractivity contribution in [3.05, 3.63) is 65.6 Å². The number of ether oxygens (including phenoxy) is 2. The Balaban J connectivity index is 1.58. The summed E-state index contributed by atoms with van der Waals surface area (Å²) in [5, 5.41) is 9.67. The lowest BCUT2D eigenvalue weighted by atomic mass is 10.0. The number of hydrogen-bond donors (Lipinski definition) is 2. The van der Waals surface area contributed by atoms with E-state index in [2.05, 4.69) is 15.5 Å². The van der Waals surface area contributed by atoms with Crippen LogP contribution in [0.4, 0.5) is 4.39 Å². The topological polar surface area (TPSA) is 76.2 Å². The highest BCUT2D eigenvalue weighted by molar-refractivity contribution is 6.00. The highest BCUT2D eigenvalue weighted by Gasteiger charge is 2.21. The lowest BCUT2D eigenvalue weighted by molar-refractivity contribution is 0.0940. The number of halogens is 1.